The first-order chi connectivity index (χ1) is 10.1. The summed E-state index contributed by atoms with van der Waals surface area (Å²) in [5, 5.41) is 24.2. The van der Waals surface area contributed by atoms with Gasteiger partial charge < -0.3 is 15.3 Å². The zero-order valence-corrected chi connectivity index (χ0v) is 17.1. The molecular weight excluding hydrogens is 355 g/mol. The summed E-state index contributed by atoms with van der Waals surface area (Å²) in [6.45, 7) is 10.3. The van der Waals surface area contributed by atoms with Gasteiger partial charge in [0, 0.05) is 18.3 Å². The molecule has 1 aliphatic carbocycles. The Morgan fingerprint density at radius 1 is 0.818 bits per heavy atom. The van der Waals surface area contributed by atoms with Gasteiger partial charge >= 0.3 is 75.9 Å². The molecule has 0 spiro atoms. The Bertz CT molecular complexity index is 379. The molecule has 4 heteroatoms. The van der Waals surface area contributed by atoms with Crippen LogP contribution >= 0.6 is 0 Å². The number of aliphatic hydroxyl groups is 3. The maximum atomic E-state index is 8.06. The van der Waals surface area contributed by atoms with Crippen LogP contribution in [0.5, 0.6) is 0 Å². The molecule has 0 heterocycles. The van der Waals surface area contributed by atoms with E-state index in [4.69, 9.17) is 15.3 Å². The normalized spacial score (nSPS) is 14.4. The summed E-state index contributed by atoms with van der Waals surface area (Å²) in [4.78, 5) is 0. The molecule has 0 radical (unpaired) electrons. The van der Waals surface area contributed by atoms with Crippen LogP contribution in [0, 0.1) is 0 Å². The van der Waals surface area contributed by atoms with E-state index >= 15 is 0 Å². The van der Waals surface area contributed by atoms with E-state index in [1.807, 2.05) is 0 Å². The third-order valence-electron chi connectivity index (χ3n) is 1.80. The van der Waals surface area contributed by atoms with Crippen molar-refractivity contribution in [3.05, 3.63) is 41.5 Å². The molecule has 22 heavy (non-hydrogen) atoms. The fourth-order valence-electron chi connectivity index (χ4n) is 1.25. The van der Waals surface area contributed by atoms with Crippen LogP contribution in [0.25, 0.3) is 6.08 Å². The number of benzene rings is 1. The first-order valence-electron chi connectivity index (χ1n) is 7.60. The molecule has 3 nitrogen and oxygen atoms in total. The Kier molecular flexibility index (Phi) is 15.6. The first-order valence-corrected chi connectivity index (χ1v) is 9.02. The summed E-state index contributed by atoms with van der Waals surface area (Å²) in [6, 6.07) is 8.60. The Labute approximate surface area is 150 Å². The number of rotatable bonds is 0. The summed E-state index contributed by atoms with van der Waals surface area (Å²) < 4.78 is 0.711. The molecule has 0 amide bonds. The fraction of sp³-hybridized carbons (Fsp3) is 0.556. The van der Waals surface area contributed by atoms with E-state index in [2.05, 4.69) is 36.4 Å². The molecule has 1 unspecified atom stereocenters. The van der Waals surface area contributed by atoms with Crippen LogP contribution < -0.4 is 0 Å². The quantitative estimate of drug-likeness (QED) is 0.640. The van der Waals surface area contributed by atoms with Crippen LogP contribution in [-0.4, -0.2) is 33.6 Å². The zero-order chi connectivity index (χ0) is 17.7. The summed E-state index contributed by atoms with van der Waals surface area (Å²) in [5.74, 6) is 0. The predicted molar refractivity (Wildman–Crippen MR) is 90.3 cm³/mol. The second-order valence-corrected chi connectivity index (χ2v) is 7.28. The third-order valence-corrected chi connectivity index (χ3v) is 3.04. The van der Waals surface area contributed by atoms with Crippen molar-refractivity contribution in [2.45, 2.75) is 63.5 Å². The van der Waals surface area contributed by atoms with Gasteiger partial charge in [0.2, 0.25) is 0 Å². The van der Waals surface area contributed by atoms with Gasteiger partial charge in [-0.2, -0.15) is 0 Å². The van der Waals surface area contributed by atoms with Crippen molar-refractivity contribution in [2.75, 3.05) is 0 Å². The molecule has 3 N–H and O–H groups in total. The van der Waals surface area contributed by atoms with Crippen LogP contribution in [0.15, 0.2) is 30.3 Å². The maximum absolute atomic E-state index is 8.06. The van der Waals surface area contributed by atoms with E-state index in [1.165, 1.54) is 11.1 Å². The van der Waals surface area contributed by atoms with Crippen molar-refractivity contribution in [1.82, 2.24) is 0 Å². The van der Waals surface area contributed by atoms with Gasteiger partial charge in [0.1, 0.15) is 0 Å². The van der Waals surface area contributed by atoms with Gasteiger partial charge in [-0.25, -0.2) is 0 Å². The van der Waals surface area contributed by atoms with Gasteiger partial charge in [-0.05, 0) is 41.5 Å². The number of aliphatic hydroxyl groups excluding tert-OH is 3. The summed E-state index contributed by atoms with van der Waals surface area (Å²) >= 11 is 1.59. The van der Waals surface area contributed by atoms with Crippen LogP contribution in [0.4, 0.5) is 0 Å². The van der Waals surface area contributed by atoms with Crippen molar-refractivity contribution in [1.29, 1.82) is 0 Å². The van der Waals surface area contributed by atoms with Gasteiger partial charge in [0.25, 0.3) is 0 Å². The minimum atomic E-state index is -0.167. The molecule has 0 saturated heterocycles. The second kappa shape index (κ2) is 14.3. The van der Waals surface area contributed by atoms with E-state index in [0.717, 1.165) is 0 Å². The van der Waals surface area contributed by atoms with Gasteiger partial charge in [-0.1, -0.05) is 0 Å². The molecule has 1 aromatic rings. The molecule has 1 aromatic carbocycles. The summed E-state index contributed by atoms with van der Waals surface area (Å²) in [6.07, 6.45) is 4.00. The van der Waals surface area contributed by atoms with Crippen molar-refractivity contribution in [3.63, 3.8) is 0 Å². The Hall–Kier alpha value is -0.277. The molecule has 0 aromatic heterocycles. The average Bonchev–Trinajstić information content (AvgIpc) is 2.70. The summed E-state index contributed by atoms with van der Waals surface area (Å²) in [5.41, 5.74) is 2.91. The van der Waals surface area contributed by atoms with E-state index in [9.17, 15) is 0 Å². The molecule has 125 valence electrons. The molecule has 1 aliphatic rings. The van der Waals surface area contributed by atoms with Crippen molar-refractivity contribution in [3.8, 4) is 0 Å². The number of hydrogen-bond acceptors (Lipinski definition) is 3. The molecule has 1 atom stereocenters. The molecule has 2 rings (SSSR count). The Balaban J connectivity index is 0. The number of fused-ring (bicyclic) bond motifs is 1. The van der Waals surface area contributed by atoms with Crippen molar-refractivity contribution >= 4 is 6.08 Å². The topological polar surface area (TPSA) is 60.7 Å². The molecular formula is C18H31O3Zr. The summed E-state index contributed by atoms with van der Waals surface area (Å²) in [7, 11) is 0. The van der Waals surface area contributed by atoms with E-state index in [-0.39, 0.29) is 18.3 Å². The van der Waals surface area contributed by atoms with Crippen molar-refractivity contribution in [2.24, 2.45) is 0 Å². The van der Waals surface area contributed by atoms with Crippen LogP contribution in [0.1, 0.15) is 56.3 Å². The SMILES string of the molecule is CC(C)O.CC(C)O.CC(C)O.[Zr][CH]1C=Cc2ccccc21. The number of allylic oxidation sites excluding steroid dienone is 1. The van der Waals surface area contributed by atoms with Crippen LogP contribution in [0.2, 0.25) is 0 Å². The zero-order valence-electron chi connectivity index (χ0n) is 14.6. The monoisotopic (exact) mass is 385 g/mol. The molecule has 0 aliphatic heterocycles. The Morgan fingerprint density at radius 3 is 1.55 bits per heavy atom. The van der Waals surface area contributed by atoms with Gasteiger partial charge in [0.05, 0.1) is 0 Å². The minimum absolute atomic E-state index is 0.167. The van der Waals surface area contributed by atoms with Gasteiger partial charge in [-0.3, -0.25) is 0 Å². The molecule has 0 bridgehead atoms. The fourth-order valence-corrected chi connectivity index (χ4v) is 2.13. The van der Waals surface area contributed by atoms with Crippen molar-refractivity contribution < 1.29 is 40.0 Å². The Morgan fingerprint density at radius 2 is 1.18 bits per heavy atom. The third kappa shape index (κ3) is 17.8. The standard InChI is InChI=1S/C9H7.3C3H8O.Zr/c1-2-5-9-7-3-6-8(9)4-1;3*1-3(2)4;/h1-7H;3*3-4H,1-2H3;. The van der Waals surface area contributed by atoms with E-state index in [0.29, 0.717) is 3.63 Å². The van der Waals surface area contributed by atoms with Gasteiger partial charge in [0.15, 0.2) is 0 Å². The molecule has 0 saturated carbocycles. The average molecular weight is 387 g/mol. The molecule has 0 fully saturated rings. The second-order valence-electron chi connectivity index (χ2n) is 5.75. The first kappa shape index (κ1) is 24.0. The van der Waals surface area contributed by atoms with Crippen LogP contribution in [0.3, 0.4) is 0 Å². The predicted octanol–water partition coefficient (Wildman–Crippen LogP) is 3.46. The van der Waals surface area contributed by atoms with E-state index in [1.54, 1.807) is 66.3 Å². The number of hydrogen-bond donors (Lipinski definition) is 3. The van der Waals surface area contributed by atoms with Crippen LogP contribution in [-0.2, 0) is 24.7 Å². The van der Waals surface area contributed by atoms with E-state index < -0.39 is 0 Å². The van der Waals surface area contributed by atoms with Gasteiger partial charge in [-0.15, -0.1) is 0 Å².